The van der Waals surface area contributed by atoms with Gasteiger partial charge in [0.2, 0.25) is 0 Å². The zero-order valence-corrected chi connectivity index (χ0v) is 19.7. The highest BCUT2D eigenvalue weighted by Gasteiger charge is 2.14. The van der Waals surface area contributed by atoms with Crippen LogP contribution in [-0.2, 0) is 0 Å². The molecule has 5 rings (SSSR count). The second-order valence-corrected chi connectivity index (χ2v) is 7.62. The van der Waals surface area contributed by atoms with Crippen LogP contribution in [0.2, 0.25) is 0 Å². The summed E-state index contributed by atoms with van der Waals surface area (Å²) in [4.78, 5) is 14.3. The van der Waals surface area contributed by atoms with E-state index in [0.717, 1.165) is 27.8 Å². The van der Waals surface area contributed by atoms with E-state index in [0.29, 0.717) is 22.9 Å². The van der Waals surface area contributed by atoms with Gasteiger partial charge in [0.25, 0.3) is 0 Å². The van der Waals surface area contributed by atoms with Gasteiger partial charge in [-0.2, -0.15) is 0 Å². The summed E-state index contributed by atoms with van der Waals surface area (Å²) in [7, 11) is -1.52. The van der Waals surface area contributed by atoms with Gasteiger partial charge in [0, 0.05) is 16.7 Å². The van der Waals surface area contributed by atoms with Crippen molar-refractivity contribution in [2.45, 2.75) is 13.8 Å². The molecular formula is C29H26BN3O2. The minimum absolute atomic E-state index is 0.441. The van der Waals surface area contributed by atoms with E-state index in [4.69, 9.17) is 15.0 Å². The van der Waals surface area contributed by atoms with E-state index in [9.17, 15) is 10.0 Å². The Morgan fingerprint density at radius 2 is 0.857 bits per heavy atom. The highest BCUT2D eigenvalue weighted by molar-refractivity contribution is 6.58. The van der Waals surface area contributed by atoms with Crippen molar-refractivity contribution in [2.75, 3.05) is 0 Å². The molecule has 0 unspecified atom stereocenters. The number of nitrogens with zero attached hydrogens (tertiary/aromatic N) is 3. The standard InChI is InChI=1S/C27H20BN3O2.C2H6/c32-28(33)24-16-8-14-22(18-24)21-13-7-15-23(17-21)27-30-25(19-9-3-1-4-10-19)29-26(31-27)20-11-5-2-6-12-20;1-2/h1-18,32-33H;1-2H3. The van der Waals surface area contributed by atoms with Crippen LogP contribution in [0.4, 0.5) is 0 Å². The Hall–Kier alpha value is -4.13. The summed E-state index contributed by atoms with van der Waals surface area (Å²) in [5, 5.41) is 19.1. The molecule has 0 saturated carbocycles. The number of benzene rings is 4. The van der Waals surface area contributed by atoms with Crippen molar-refractivity contribution in [2.24, 2.45) is 0 Å². The number of rotatable bonds is 5. The third kappa shape index (κ3) is 5.69. The number of aromatic nitrogens is 3. The molecule has 0 atom stereocenters. The molecule has 0 saturated heterocycles. The molecule has 0 spiro atoms. The Balaban J connectivity index is 0.00000141. The van der Waals surface area contributed by atoms with E-state index < -0.39 is 7.12 Å². The molecule has 5 aromatic rings. The van der Waals surface area contributed by atoms with Gasteiger partial charge in [0.05, 0.1) is 0 Å². The van der Waals surface area contributed by atoms with Crippen LogP contribution in [0.5, 0.6) is 0 Å². The van der Waals surface area contributed by atoms with E-state index >= 15 is 0 Å². The molecule has 0 bridgehead atoms. The third-order valence-corrected chi connectivity index (χ3v) is 5.34. The second kappa shape index (κ2) is 11.3. The fraction of sp³-hybridized carbons (Fsp3) is 0.0690. The van der Waals surface area contributed by atoms with E-state index in [1.54, 1.807) is 18.2 Å². The van der Waals surface area contributed by atoms with Gasteiger partial charge in [-0.1, -0.05) is 117 Å². The van der Waals surface area contributed by atoms with Gasteiger partial charge in [-0.25, -0.2) is 15.0 Å². The van der Waals surface area contributed by atoms with Crippen LogP contribution in [0.25, 0.3) is 45.3 Å². The SMILES string of the molecule is CC.OB(O)c1cccc(-c2cccc(-c3nc(-c4ccccc4)nc(-c4ccccc4)n3)c2)c1. The molecule has 35 heavy (non-hydrogen) atoms. The van der Waals surface area contributed by atoms with E-state index in [2.05, 4.69) is 0 Å². The maximum Gasteiger partial charge on any atom is 0.488 e. The quantitative estimate of drug-likeness (QED) is 0.351. The largest absolute Gasteiger partial charge is 0.488 e. The summed E-state index contributed by atoms with van der Waals surface area (Å²) < 4.78 is 0. The summed E-state index contributed by atoms with van der Waals surface area (Å²) in [6.07, 6.45) is 0. The van der Waals surface area contributed by atoms with Gasteiger partial charge in [0.1, 0.15) is 0 Å². The minimum Gasteiger partial charge on any atom is -0.423 e. The Morgan fingerprint density at radius 1 is 0.457 bits per heavy atom. The number of hydrogen-bond acceptors (Lipinski definition) is 5. The van der Waals surface area contributed by atoms with E-state index in [1.807, 2.05) is 105 Å². The van der Waals surface area contributed by atoms with Gasteiger partial charge in [-0.05, 0) is 22.7 Å². The summed E-state index contributed by atoms with van der Waals surface area (Å²) in [5.41, 5.74) is 4.93. The first kappa shape index (κ1) is 24.0. The monoisotopic (exact) mass is 459 g/mol. The van der Waals surface area contributed by atoms with Gasteiger partial charge in [-0.15, -0.1) is 0 Å². The normalized spacial score (nSPS) is 10.3. The molecule has 2 N–H and O–H groups in total. The van der Waals surface area contributed by atoms with Crippen molar-refractivity contribution in [3.8, 4) is 45.3 Å². The molecule has 0 aliphatic heterocycles. The van der Waals surface area contributed by atoms with Crippen molar-refractivity contribution in [3.05, 3.63) is 109 Å². The topological polar surface area (TPSA) is 79.1 Å². The highest BCUT2D eigenvalue weighted by atomic mass is 16.4. The van der Waals surface area contributed by atoms with Crippen molar-refractivity contribution in [3.63, 3.8) is 0 Å². The average molecular weight is 459 g/mol. The predicted octanol–water partition coefficient (Wildman–Crippen LogP) is 5.25. The molecule has 6 heteroatoms. The van der Waals surface area contributed by atoms with Gasteiger partial charge in [0.15, 0.2) is 17.5 Å². The molecule has 172 valence electrons. The van der Waals surface area contributed by atoms with Crippen molar-refractivity contribution in [1.29, 1.82) is 0 Å². The van der Waals surface area contributed by atoms with Crippen LogP contribution >= 0.6 is 0 Å². The summed E-state index contributed by atoms with van der Waals surface area (Å²) in [6, 6.07) is 34.8. The van der Waals surface area contributed by atoms with Crippen LogP contribution in [0.1, 0.15) is 13.8 Å². The van der Waals surface area contributed by atoms with E-state index in [-0.39, 0.29) is 0 Å². The van der Waals surface area contributed by atoms with Gasteiger partial charge < -0.3 is 10.0 Å². The molecule has 1 aromatic heterocycles. The molecule has 0 fully saturated rings. The van der Waals surface area contributed by atoms with Crippen LogP contribution in [-0.4, -0.2) is 32.1 Å². The van der Waals surface area contributed by atoms with Gasteiger partial charge >= 0.3 is 7.12 Å². The lowest BCUT2D eigenvalue weighted by Crippen LogP contribution is -2.29. The average Bonchev–Trinajstić information content (AvgIpc) is 2.95. The first-order chi connectivity index (χ1) is 17.2. The Morgan fingerprint density at radius 3 is 1.37 bits per heavy atom. The lowest BCUT2D eigenvalue weighted by atomic mass is 9.79. The molecule has 0 aliphatic carbocycles. The maximum absolute atomic E-state index is 9.53. The van der Waals surface area contributed by atoms with Crippen molar-refractivity contribution in [1.82, 2.24) is 15.0 Å². The molecule has 0 amide bonds. The van der Waals surface area contributed by atoms with Crippen molar-refractivity contribution >= 4 is 12.6 Å². The van der Waals surface area contributed by atoms with Crippen LogP contribution in [0.15, 0.2) is 109 Å². The Bertz CT molecular complexity index is 1340. The molecule has 4 aromatic carbocycles. The smallest absolute Gasteiger partial charge is 0.423 e. The van der Waals surface area contributed by atoms with Crippen molar-refractivity contribution < 1.29 is 10.0 Å². The highest BCUT2D eigenvalue weighted by Crippen LogP contribution is 2.27. The zero-order chi connectivity index (χ0) is 24.6. The zero-order valence-electron chi connectivity index (χ0n) is 19.7. The lowest BCUT2D eigenvalue weighted by Gasteiger charge is -2.10. The molecule has 0 radical (unpaired) electrons. The minimum atomic E-state index is -1.52. The third-order valence-electron chi connectivity index (χ3n) is 5.34. The fourth-order valence-electron chi connectivity index (χ4n) is 3.65. The van der Waals surface area contributed by atoms with Crippen LogP contribution < -0.4 is 5.46 Å². The van der Waals surface area contributed by atoms with E-state index in [1.165, 1.54) is 0 Å². The lowest BCUT2D eigenvalue weighted by molar-refractivity contribution is 0.426. The predicted molar refractivity (Wildman–Crippen MR) is 143 cm³/mol. The number of hydrogen-bond donors (Lipinski definition) is 2. The summed E-state index contributed by atoms with van der Waals surface area (Å²) >= 11 is 0. The fourth-order valence-corrected chi connectivity index (χ4v) is 3.65. The Labute approximate surface area is 206 Å². The molecule has 5 nitrogen and oxygen atoms in total. The first-order valence-electron chi connectivity index (χ1n) is 11.6. The molecular weight excluding hydrogens is 433 g/mol. The van der Waals surface area contributed by atoms with Gasteiger partial charge in [-0.3, -0.25) is 0 Å². The van der Waals surface area contributed by atoms with Crippen LogP contribution in [0, 0.1) is 0 Å². The summed E-state index contributed by atoms with van der Waals surface area (Å²) in [5.74, 6) is 1.79. The summed E-state index contributed by atoms with van der Waals surface area (Å²) in [6.45, 7) is 4.00. The second-order valence-electron chi connectivity index (χ2n) is 7.62. The Kier molecular flexibility index (Phi) is 7.78. The van der Waals surface area contributed by atoms with Crippen LogP contribution in [0.3, 0.4) is 0 Å². The first-order valence-corrected chi connectivity index (χ1v) is 11.6. The molecule has 1 heterocycles. The maximum atomic E-state index is 9.53. The molecule has 0 aliphatic rings.